The number of fused-ring (bicyclic) bond motifs is 1. The largest absolute Gasteiger partial charge is 0.409 e. The fourth-order valence-electron chi connectivity index (χ4n) is 4.09. The molecule has 4 heterocycles. The lowest BCUT2D eigenvalue weighted by atomic mass is 9.95. The molecule has 0 saturated carbocycles. The van der Waals surface area contributed by atoms with Gasteiger partial charge in [-0.1, -0.05) is 60.7 Å². The molecule has 1 fully saturated rings. The first kappa shape index (κ1) is 20.8. The molecule has 1 aliphatic rings. The molecule has 0 N–H and O–H groups in total. The zero-order valence-electron chi connectivity index (χ0n) is 18.1. The van der Waals surface area contributed by atoms with Crippen molar-refractivity contribution in [2.75, 3.05) is 26.3 Å². The van der Waals surface area contributed by atoms with E-state index in [2.05, 4.69) is 20.4 Å². The summed E-state index contributed by atoms with van der Waals surface area (Å²) in [6.07, 6.45) is 0. The third kappa shape index (κ3) is 3.79. The highest BCUT2D eigenvalue weighted by Gasteiger charge is 2.26. The van der Waals surface area contributed by atoms with Gasteiger partial charge in [-0.2, -0.15) is 0 Å². The van der Waals surface area contributed by atoms with Crippen LogP contribution in [0.15, 0.2) is 65.1 Å². The first-order valence-electron chi connectivity index (χ1n) is 10.9. The molecule has 6 rings (SSSR count). The van der Waals surface area contributed by atoms with Gasteiger partial charge in [0.2, 0.25) is 5.65 Å². The molecule has 10 nitrogen and oxygen atoms in total. The molecule has 0 unspecified atom stereocenters. The molecule has 5 aromatic rings. The van der Waals surface area contributed by atoms with Gasteiger partial charge in [0.05, 0.1) is 25.4 Å². The molecule has 2 aromatic carbocycles. The summed E-state index contributed by atoms with van der Waals surface area (Å²) >= 11 is 5.53. The molecular weight excluding hydrogens is 452 g/mol. The highest BCUT2D eigenvalue weighted by molar-refractivity contribution is 7.71. The fraction of sp³-hybridized carbons (Fsp3) is 0.217. The summed E-state index contributed by atoms with van der Waals surface area (Å²) < 4.78 is 14.6. The maximum Gasteiger partial charge on any atom is 0.288 e. The van der Waals surface area contributed by atoms with Gasteiger partial charge in [0, 0.05) is 24.2 Å². The lowest BCUT2D eigenvalue weighted by Crippen LogP contribution is -2.37. The quantitative estimate of drug-likeness (QED) is 0.357. The van der Waals surface area contributed by atoms with Crippen molar-refractivity contribution in [3.8, 4) is 33.8 Å². The average Bonchev–Trinajstić information content (AvgIpc) is 3.51. The van der Waals surface area contributed by atoms with Crippen LogP contribution in [0.2, 0.25) is 0 Å². The SMILES string of the molecule is S=c1oc(-c2c(-c3ccccc3)c(-c3ccccc3)nn3nnnc23)nn1CN1CCOCC1. The second-order valence-corrected chi connectivity index (χ2v) is 8.22. The van der Waals surface area contributed by atoms with Crippen molar-refractivity contribution >= 4 is 17.9 Å². The van der Waals surface area contributed by atoms with Gasteiger partial charge >= 0.3 is 0 Å². The third-order valence-corrected chi connectivity index (χ3v) is 6.02. The van der Waals surface area contributed by atoms with E-state index in [-0.39, 0.29) is 4.84 Å². The number of aromatic nitrogens is 7. The average molecular weight is 473 g/mol. The lowest BCUT2D eigenvalue weighted by molar-refractivity contribution is 0.0206. The van der Waals surface area contributed by atoms with Crippen LogP contribution < -0.4 is 0 Å². The number of hydrogen-bond donors (Lipinski definition) is 0. The number of morpholine rings is 1. The second-order valence-electron chi connectivity index (χ2n) is 7.87. The molecule has 0 aliphatic carbocycles. The Hall–Kier alpha value is -3.80. The molecule has 170 valence electrons. The molecule has 0 atom stereocenters. The molecule has 1 aliphatic heterocycles. The molecule has 11 heteroatoms. The highest BCUT2D eigenvalue weighted by atomic mass is 32.1. The van der Waals surface area contributed by atoms with Gasteiger partial charge in [-0.25, -0.2) is 4.68 Å². The molecule has 0 spiro atoms. The Morgan fingerprint density at radius 2 is 1.56 bits per heavy atom. The maximum absolute atomic E-state index is 6.04. The Labute approximate surface area is 199 Å². The van der Waals surface area contributed by atoms with Crippen LogP contribution in [-0.2, 0) is 11.4 Å². The Kier molecular flexibility index (Phi) is 5.41. The van der Waals surface area contributed by atoms with E-state index in [1.807, 2.05) is 60.7 Å². The predicted octanol–water partition coefficient (Wildman–Crippen LogP) is 3.33. The van der Waals surface area contributed by atoms with E-state index >= 15 is 0 Å². The van der Waals surface area contributed by atoms with Gasteiger partial charge in [-0.3, -0.25) is 4.90 Å². The van der Waals surface area contributed by atoms with E-state index in [9.17, 15) is 0 Å². The van der Waals surface area contributed by atoms with Crippen molar-refractivity contribution in [3.05, 3.63) is 65.5 Å². The highest BCUT2D eigenvalue weighted by Crippen LogP contribution is 2.39. The second kappa shape index (κ2) is 8.86. The van der Waals surface area contributed by atoms with Crippen molar-refractivity contribution in [1.29, 1.82) is 0 Å². The van der Waals surface area contributed by atoms with Gasteiger partial charge in [0.1, 0.15) is 5.69 Å². The van der Waals surface area contributed by atoms with Crippen LogP contribution in [0.25, 0.3) is 39.5 Å². The van der Waals surface area contributed by atoms with Crippen LogP contribution in [0, 0.1) is 4.84 Å². The monoisotopic (exact) mass is 472 g/mol. The summed E-state index contributed by atoms with van der Waals surface area (Å²) in [4.78, 5) is 2.50. The standard InChI is InChI=1S/C23H20N8O2S/c34-23-30(15-29-11-13-32-14-12-29)26-22(33-23)19-18(16-7-3-1-4-8-16)20(17-9-5-2-6-10-17)25-31-21(19)24-27-28-31/h1-10H,11-15H2. The van der Waals surface area contributed by atoms with Gasteiger partial charge in [0.25, 0.3) is 10.7 Å². The molecule has 1 saturated heterocycles. The zero-order chi connectivity index (χ0) is 22.9. The molecule has 34 heavy (non-hydrogen) atoms. The van der Waals surface area contributed by atoms with Crippen LogP contribution >= 0.6 is 12.2 Å². The van der Waals surface area contributed by atoms with E-state index < -0.39 is 0 Å². The minimum Gasteiger partial charge on any atom is -0.409 e. The molecule has 0 radical (unpaired) electrons. The van der Waals surface area contributed by atoms with Crippen molar-refractivity contribution in [1.82, 2.24) is 39.9 Å². The first-order valence-corrected chi connectivity index (χ1v) is 11.3. The van der Waals surface area contributed by atoms with Crippen LogP contribution in [0.1, 0.15) is 0 Å². The molecule has 3 aromatic heterocycles. The fourth-order valence-corrected chi connectivity index (χ4v) is 4.27. The Bertz CT molecular complexity index is 1490. The van der Waals surface area contributed by atoms with Crippen molar-refractivity contribution in [3.63, 3.8) is 0 Å². The summed E-state index contributed by atoms with van der Waals surface area (Å²) in [5.41, 5.74) is 4.48. The van der Waals surface area contributed by atoms with Gasteiger partial charge in [-0.05, 0) is 28.2 Å². The van der Waals surface area contributed by atoms with Gasteiger partial charge in [0.15, 0.2) is 0 Å². The van der Waals surface area contributed by atoms with E-state index in [0.717, 1.165) is 29.8 Å². The van der Waals surface area contributed by atoms with Gasteiger partial charge in [-0.15, -0.1) is 19.9 Å². The summed E-state index contributed by atoms with van der Waals surface area (Å²) in [6, 6.07) is 19.9. The predicted molar refractivity (Wildman–Crippen MR) is 126 cm³/mol. The Balaban J connectivity index is 1.58. The van der Waals surface area contributed by atoms with Crippen LogP contribution in [-0.4, -0.2) is 66.2 Å². The van der Waals surface area contributed by atoms with Crippen molar-refractivity contribution < 1.29 is 9.15 Å². The van der Waals surface area contributed by atoms with Crippen LogP contribution in [0.4, 0.5) is 0 Å². The van der Waals surface area contributed by atoms with E-state index in [1.165, 1.54) is 4.63 Å². The topological polar surface area (TPSA) is 99.4 Å². The van der Waals surface area contributed by atoms with Crippen molar-refractivity contribution in [2.45, 2.75) is 6.67 Å². The van der Waals surface area contributed by atoms with E-state index in [4.69, 9.17) is 31.6 Å². The number of nitrogens with zero attached hydrogens (tertiary/aromatic N) is 8. The molecule has 0 amide bonds. The normalized spacial score (nSPS) is 14.6. The smallest absolute Gasteiger partial charge is 0.288 e. The minimum atomic E-state index is 0.282. The van der Waals surface area contributed by atoms with E-state index in [0.29, 0.717) is 42.7 Å². The zero-order valence-corrected chi connectivity index (χ0v) is 18.9. The third-order valence-electron chi connectivity index (χ3n) is 5.73. The molecular formula is C23H20N8O2S. The Morgan fingerprint density at radius 3 is 2.29 bits per heavy atom. The summed E-state index contributed by atoms with van der Waals surface area (Å²) in [6.45, 7) is 3.51. The lowest BCUT2D eigenvalue weighted by Gasteiger charge is -2.25. The number of hydrogen-bond acceptors (Lipinski definition) is 9. The summed E-state index contributed by atoms with van der Waals surface area (Å²) in [5, 5.41) is 21.7. The number of rotatable bonds is 5. The van der Waals surface area contributed by atoms with Crippen LogP contribution in [0.3, 0.4) is 0 Å². The molecule has 0 bridgehead atoms. The Morgan fingerprint density at radius 1 is 0.853 bits per heavy atom. The maximum atomic E-state index is 6.04. The first-order chi connectivity index (χ1) is 16.8. The van der Waals surface area contributed by atoms with Crippen molar-refractivity contribution in [2.24, 2.45) is 0 Å². The van der Waals surface area contributed by atoms with E-state index in [1.54, 1.807) is 4.68 Å². The number of benzene rings is 2. The summed E-state index contributed by atoms with van der Waals surface area (Å²) in [7, 11) is 0. The number of tetrazole rings is 1. The van der Waals surface area contributed by atoms with Crippen LogP contribution in [0.5, 0.6) is 0 Å². The minimum absolute atomic E-state index is 0.282. The summed E-state index contributed by atoms with van der Waals surface area (Å²) in [5.74, 6) is 0.344. The van der Waals surface area contributed by atoms with Gasteiger partial charge < -0.3 is 9.15 Å². The number of ether oxygens (including phenoxy) is 1.